The van der Waals surface area contributed by atoms with Gasteiger partial charge in [0.1, 0.15) is 0 Å². The molecule has 0 aliphatic heterocycles. The van der Waals surface area contributed by atoms with Crippen molar-refractivity contribution in [3.63, 3.8) is 0 Å². The van der Waals surface area contributed by atoms with Crippen molar-refractivity contribution >= 4 is 10.9 Å². The normalized spacial score (nSPS) is 20.2. The Balaban J connectivity index is 2.25. The first kappa shape index (κ1) is 8.90. The van der Waals surface area contributed by atoms with E-state index in [1.807, 2.05) is 0 Å². The van der Waals surface area contributed by atoms with Crippen molar-refractivity contribution in [2.45, 2.75) is 26.2 Å². The minimum Gasteiger partial charge on any atom is -0.256 e. The molecule has 0 saturated heterocycles. The molecule has 76 valence electrons. The summed E-state index contributed by atoms with van der Waals surface area (Å²) in [6, 6.07) is 8.49. The Morgan fingerprint density at radius 3 is 3.07 bits per heavy atom. The van der Waals surface area contributed by atoms with Gasteiger partial charge in [0, 0.05) is 11.6 Å². The Kier molecular flexibility index (Phi) is 1.98. The van der Waals surface area contributed by atoms with Crippen LogP contribution in [-0.4, -0.2) is 4.98 Å². The molecule has 1 heteroatoms. The fourth-order valence-electron chi connectivity index (χ4n) is 2.58. The van der Waals surface area contributed by atoms with Gasteiger partial charge < -0.3 is 0 Å². The van der Waals surface area contributed by atoms with Gasteiger partial charge in [-0.1, -0.05) is 25.1 Å². The minimum atomic E-state index is 0.820. The summed E-state index contributed by atoms with van der Waals surface area (Å²) in [5.41, 5.74) is 4.15. The van der Waals surface area contributed by atoms with Gasteiger partial charge in [0.15, 0.2) is 0 Å². The Morgan fingerprint density at radius 1 is 1.27 bits per heavy atom. The molecule has 15 heavy (non-hydrogen) atoms. The van der Waals surface area contributed by atoms with Crippen LogP contribution in [0.2, 0.25) is 0 Å². The third-order valence-corrected chi connectivity index (χ3v) is 3.43. The van der Waals surface area contributed by atoms with Crippen molar-refractivity contribution in [3.05, 3.63) is 41.6 Å². The van der Waals surface area contributed by atoms with Crippen LogP contribution in [0, 0.1) is 5.92 Å². The number of benzene rings is 1. The number of nitrogens with zero attached hydrogens (tertiary/aromatic N) is 1. The van der Waals surface area contributed by atoms with E-state index in [0.717, 1.165) is 11.4 Å². The van der Waals surface area contributed by atoms with Crippen LogP contribution in [0.5, 0.6) is 0 Å². The fraction of sp³-hybridized carbons (Fsp3) is 0.357. The van der Waals surface area contributed by atoms with Gasteiger partial charge in [-0.3, -0.25) is 4.98 Å². The smallest absolute Gasteiger partial charge is 0.0704 e. The molecule has 1 aliphatic rings. The van der Waals surface area contributed by atoms with Crippen LogP contribution >= 0.6 is 0 Å². The molecule has 1 aromatic carbocycles. The molecule has 0 spiro atoms. The molecule has 1 heterocycles. The molecule has 1 aliphatic carbocycles. The van der Waals surface area contributed by atoms with Crippen LogP contribution in [0.3, 0.4) is 0 Å². The highest BCUT2D eigenvalue weighted by atomic mass is 14.7. The second kappa shape index (κ2) is 3.34. The molecule has 3 rings (SSSR count). The molecule has 0 radical (unpaired) electrons. The van der Waals surface area contributed by atoms with E-state index >= 15 is 0 Å². The summed E-state index contributed by atoms with van der Waals surface area (Å²) >= 11 is 0. The topological polar surface area (TPSA) is 12.9 Å². The van der Waals surface area contributed by atoms with Gasteiger partial charge in [-0.2, -0.15) is 0 Å². The number of pyridine rings is 1. The summed E-state index contributed by atoms with van der Waals surface area (Å²) in [4.78, 5) is 4.53. The van der Waals surface area contributed by atoms with E-state index < -0.39 is 0 Å². The molecule has 0 amide bonds. The largest absolute Gasteiger partial charge is 0.256 e. The van der Waals surface area contributed by atoms with E-state index in [1.165, 1.54) is 30.2 Å². The number of hydrogen-bond acceptors (Lipinski definition) is 1. The van der Waals surface area contributed by atoms with Gasteiger partial charge in [0.25, 0.3) is 0 Å². The average Bonchev–Trinajstić information content (AvgIpc) is 2.28. The maximum atomic E-state index is 4.53. The summed E-state index contributed by atoms with van der Waals surface area (Å²) in [5, 5.41) is 1.36. The second-order valence-corrected chi connectivity index (χ2v) is 4.63. The zero-order valence-corrected chi connectivity index (χ0v) is 9.03. The summed E-state index contributed by atoms with van der Waals surface area (Å²) in [7, 11) is 0. The highest BCUT2D eigenvalue weighted by molar-refractivity contribution is 5.83. The van der Waals surface area contributed by atoms with E-state index in [1.54, 1.807) is 5.56 Å². The van der Waals surface area contributed by atoms with Crippen LogP contribution in [0.4, 0.5) is 0 Å². The molecule has 1 nitrogen and oxygen atoms in total. The number of aromatic nitrogens is 1. The molecule has 1 atom stereocenters. The van der Waals surface area contributed by atoms with Gasteiger partial charge >= 0.3 is 0 Å². The van der Waals surface area contributed by atoms with Crippen LogP contribution < -0.4 is 0 Å². The summed E-state index contributed by atoms with van der Waals surface area (Å²) in [6.07, 6.45) is 5.82. The predicted octanol–water partition coefficient (Wildman–Crippen LogP) is 3.36. The molecule has 0 N–H and O–H groups in total. The summed E-state index contributed by atoms with van der Waals surface area (Å²) < 4.78 is 0. The van der Waals surface area contributed by atoms with Crippen LogP contribution in [-0.2, 0) is 12.8 Å². The quantitative estimate of drug-likeness (QED) is 0.631. The summed E-state index contributed by atoms with van der Waals surface area (Å²) in [5.74, 6) is 0.820. The zero-order chi connectivity index (χ0) is 10.3. The Labute approximate surface area is 90.2 Å². The highest BCUT2D eigenvalue weighted by Gasteiger charge is 2.17. The van der Waals surface area contributed by atoms with E-state index in [2.05, 4.69) is 42.4 Å². The molecule has 1 aromatic heterocycles. The molecular weight excluding hydrogens is 182 g/mol. The van der Waals surface area contributed by atoms with E-state index in [9.17, 15) is 0 Å². The fourth-order valence-corrected chi connectivity index (χ4v) is 2.58. The third-order valence-electron chi connectivity index (χ3n) is 3.43. The first-order chi connectivity index (χ1) is 7.34. The molecule has 0 bridgehead atoms. The van der Waals surface area contributed by atoms with E-state index in [4.69, 9.17) is 0 Å². The van der Waals surface area contributed by atoms with E-state index in [0.29, 0.717) is 0 Å². The Morgan fingerprint density at radius 2 is 2.13 bits per heavy atom. The monoisotopic (exact) mass is 197 g/mol. The maximum absolute atomic E-state index is 4.53. The van der Waals surface area contributed by atoms with Crippen molar-refractivity contribution in [1.29, 1.82) is 0 Å². The minimum absolute atomic E-state index is 0.820. The van der Waals surface area contributed by atoms with Gasteiger partial charge in [0.05, 0.1) is 5.52 Å². The van der Waals surface area contributed by atoms with Gasteiger partial charge in [-0.25, -0.2) is 0 Å². The van der Waals surface area contributed by atoms with Gasteiger partial charge in [-0.05, 0) is 42.4 Å². The SMILES string of the molecule is CC1CCc2c(cnc3ccccc23)C1. The Bertz CT molecular complexity index is 502. The molecule has 2 aromatic rings. The van der Waals surface area contributed by atoms with Crippen molar-refractivity contribution in [2.75, 3.05) is 0 Å². The number of para-hydroxylation sites is 1. The number of aryl methyl sites for hydroxylation is 1. The highest BCUT2D eigenvalue weighted by Crippen LogP contribution is 2.29. The first-order valence-electron chi connectivity index (χ1n) is 5.70. The number of rotatable bonds is 0. The molecular formula is C14H15N. The molecule has 0 saturated carbocycles. The van der Waals surface area contributed by atoms with Crippen LogP contribution in [0.15, 0.2) is 30.5 Å². The van der Waals surface area contributed by atoms with Crippen molar-refractivity contribution in [1.82, 2.24) is 4.98 Å². The van der Waals surface area contributed by atoms with Crippen molar-refractivity contribution in [2.24, 2.45) is 5.92 Å². The van der Waals surface area contributed by atoms with Crippen LogP contribution in [0.25, 0.3) is 10.9 Å². The zero-order valence-electron chi connectivity index (χ0n) is 9.03. The van der Waals surface area contributed by atoms with Crippen LogP contribution in [0.1, 0.15) is 24.5 Å². The lowest BCUT2D eigenvalue weighted by Crippen LogP contribution is -2.12. The van der Waals surface area contributed by atoms with Crippen molar-refractivity contribution in [3.8, 4) is 0 Å². The Hall–Kier alpha value is -1.37. The third kappa shape index (κ3) is 1.43. The average molecular weight is 197 g/mol. The van der Waals surface area contributed by atoms with E-state index in [-0.39, 0.29) is 0 Å². The molecule has 0 fully saturated rings. The number of fused-ring (bicyclic) bond motifs is 3. The van der Waals surface area contributed by atoms with Gasteiger partial charge in [0.2, 0.25) is 0 Å². The predicted molar refractivity (Wildman–Crippen MR) is 62.9 cm³/mol. The number of hydrogen-bond donors (Lipinski definition) is 0. The standard InChI is InChI=1S/C14H15N/c1-10-6-7-12-11(8-10)9-15-14-5-3-2-4-13(12)14/h2-5,9-10H,6-8H2,1H3. The summed E-state index contributed by atoms with van der Waals surface area (Å²) in [6.45, 7) is 2.33. The lowest BCUT2D eigenvalue weighted by molar-refractivity contribution is 0.502. The van der Waals surface area contributed by atoms with Gasteiger partial charge in [-0.15, -0.1) is 0 Å². The maximum Gasteiger partial charge on any atom is 0.0704 e. The second-order valence-electron chi connectivity index (χ2n) is 4.63. The molecule has 1 unspecified atom stereocenters. The lowest BCUT2D eigenvalue weighted by atomic mass is 9.84. The lowest BCUT2D eigenvalue weighted by Gasteiger charge is -2.22. The first-order valence-corrected chi connectivity index (χ1v) is 5.70. The van der Waals surface area contributed by atoms with Crippen molar-refractivity contribution < 1.29 is 0 Å².